The summed E-state index contributed by atoms with van der Waals surface area (Å²) in [4.78, 5) is 44.3. The predicted molar refractivity (Wildman–Crippen MR) is 173 cm³/mol. The fourth-order valence-electron chi connectivity index (χ4n) is 6.36. The van der Waals surface area contributed by atoms with Gasteiger partial charge < -0.3 is 19.7 Å². The zero-order valence-corrected chi connectivity index (χ0v) is 28.2. The van der Waals surface area contributed by atoms with Gasteiger partial charge in [0.25, 0.3) is 11.8 Å². The van der Waals surface area contributed by atoms with Crippen LogP contribution in [-0.2, 0) is 23.9 Å². The maximum Gasteiger partial charge on any atom is 0.308 e. The van der Waals surface area contributed by atoms with Crippen LogP contribution in [0.3, 0.4) is 0 Å². The normalized spacial score (nSPS) is 26.8. The highest BCUT2D eigenvalue weighted by Crippen LogP contribution is 2.39. The maximum atomic E-state index is 16.3. The van der Waals surface area contributed by atoms with Crippen LogP contribution in [-0.4, -0.2) is 71.5 Å². The smallest absolute Gasteiger partial charge is 0.308 e. The largest absolute Gasteiger partial charge is 0.466 e. The van der Waals surface area contributed by atoms with Crippen molar-refractivity contribution in [3.63, 3.8) is 0 Å². The molecule has 0 radical (unpaired) electrons. The van der Waals surface area contributed by atoms with Gasteiger partial charge in [-0.2, -0.15) is 4.39 Å². The van der Waals surface area contributed by atoms with Gasteiger partial charge in [-0.25, -0.2) is 8.78 Å². The molecule has 3 aliphatic rings. The molecule has 8 nitrogen and oxygen atoms in total. The van der Waals surface area contributed by atoms with Gasteiger partial charge in [-0.1, -0.05) is 26.0 Å². The van der Waals surface area contributed by atoms with Crippen LogP contribution in [0.2, 0.25) is 0 Å². The molecule has 1 aromatic carbocycles. The first-order valence-corrected chi connectivity index (χ1v) is 16.3. The van der Waals surface area contributed by atoms with Crippen molar-refractivity contribution < 1.29 is 37.0 Å². The Morgan fingerprint density at radius 1 is 1.28 bits per heavy atom. The predicted octanol–water partition coefficient (Wildman–Crippen LogP) is 6.38. The first-order valence-electron chi connectivity index (χ1n) is 16.3. The quantitative estimate of drug-likeness (QED) is 0.199. The molecule has 1 fully saturated rings. The number of nitrogens with zero attached hydrogens (tertiary/aromatic N) is 2. The number of amides is 2. The molecule has 47 heavy (non-hydrogen) atoms. The first kappa shape index (κ1) is 36.0. The van der Waals surface area contributed by atoms with Crippen LogP contribution in [0, 0.1) is 18.7 Å². The van der Waals surface area contributed by atoms with Crippen molar-refractivity contribution in [2.45, 2.75) is 98.0 Å². The molecule has 1 aliphatic carbocycles. The summed E-state index contributed by atoms with van der Waals surface area (Å²) in [6, 6.07) is 0.537. The van der Waals surface area contributed by atoms with E-state index in [2.05, 4.69) is 5.32 Å². The zero-order chi connectivity index (χ0) is 34.6. The Balaban J connectivity index is 1.95. The van der Waals surface area contributed by atoms with E-state index in [0.29, 0.717) is 29.6 Å². The summed E-state index contributed by atoms with van der Waals surface area (Å²) in [5.74, 6) is -4.90. The van der Waals surface area contributed by atoms with Gasteiger partial charge in [0.2, 0.25) is 5.91 Å². The summed E-state index contributed by atoms with van der Waals surface area (Å²) in [7, 11) is 0. The lowest BCUT2D eigenvalue weighted by Gasteiger charge is -2.46. The van der Waals surface area contributed by atoms with Crippen LogP contribution in [0.5, 0.6) is 0 Å². The fourth-order valence-corrected chi connectivity index (χ4v) is 6.36. The Morgan fingerprint density at radius 3 is 2.60 bits per heavy atom. The SMILES string of the molecule is C/C=C(/CC)C(=O)N(C(C)N1CC(F)C1)[C@H]1/C=C/C(C)(F)OC2=C(c3cc(C)c(F)c(c3)[C@H](CC(=O)OCC)NC1=O)C(C)CC=C2. The molecule has 1 aromatic rings. The fraction of sp³-hybridized carbons (Fsp3) is 0.528. The highest BCUT2D eigenvalue weighted by molar-refractivity contribution is 5.98. The van der Waals surface area contributed by atoms with E-state index in [1.165, 1.54) is 17.9 Å². The van der Waals surface area contributed by atoms with Gasteiger partial charge in [0, 0.05) is 36.7 Å². The number of likely N-dealkylation sites (tertiary alicyclic amines) is 1. The second-order valence-electron chi connectivity index (χ2n) is 12.5. The summed E-state index contributed by atoms with van der Waals surface area (Å²) in [5, 5.41) is 2.80. The number of allylic oxidation sites excluding steroid dienone is 4. The summed E-state index contributed by atoms with van der Waals surface area (Å²) in [5.41, 5.74) is 1.90. The highest BCUT2D eigenvalue weighted by atomic mass is 19.2. The molecule has 1 saturated heterocycles. The molecule has 0 spiro atoms. The van der Waals surface area contributed by atoms with Crippen molar-refractivity contribution >= 4 is 23.4 Å². The lowest BCUT2D eigenvalue weighted by molar-refractivity contribution is -0.147. The third-order valence-corrected chi connectivity index (χ3v) is 8.97. The monoisotopic (exact) mass is 657 g/mol. The van der Waals surface area contributed by atoms with Crippen LogP contribution in [0.1, 0.15) is 83.5 Å². The topological polar surface area (TPSA) is 88.2 Å². The second kappa shape index (κ2) is 14.9. The van der Waals surface area contributed by atoms with Crippen molar-refractivity contribution in [3.8, 4) is 0 Å². The minimum Gasteiger partial charge on any atom is -0.466 e. The Bertz CT molecular complexity index is 1490. The van der Waals surface area contributed by atoms with Gasteiger partial charge in [0.1, 0.15) is 23.8 Å². The van der Waals surface area contributed by atoms with Crippen molar-refractivity contribution in [2.75, 3.05) is 19.7 Å². The van der Waals surface area contributed by atoms with Crippen molar-refractivity contribution in [3.05, 3.63) is 76.4 Å². The summed E-state index contributed by atoms with van der Waals surface area (Å²) >= 11 is 0. The number of carbonyl (C=O) groups excluding carboxylic acids is 3. The molecule has 11 heteroatoms. The average molecular weight is 658 g/mol. The molecule has 1 N–H and O–H groups in total. The molecule has 2 bridgehead atoms. The highest BCUT2D eigenvalue weighted by Gasteiger charge is 2.41. The Kier molecular flexibility index (Phi) is 11.4. The second-order valence-corrected chi connectivity index (χ2v) is 12.5. The van der Waals surface area contributed by atoms with Gasteiger partial charge in [0.15, 0.2) is 0 Å². The van der Waals surface area contributed by atoms with Crippen molar-refractivity contribution in [1.29, 1.82) is 0 Å². The van der Waals surface area contributed by atoms with Crippen molar-refractivity contribution in [1.82, 2.24) is 15.1 Å². The third-order valence-electron chi connectivity index (χ3n) is 8.97. The Labute approximate surface area is 275 Å². The van der Waals surface area contributed by atoms with Crippen molar-refractivity contribution in [2.24, 2.45) is 5.92 Å². The van der Waals surface area contributed by atoms with E-state index in [1.54, 1.807) is 63.8 Å². The Hall–Kier alpha value is -3.86. The number of nitrogens with one attached hydrogen (secondary N) is 1. The van der Waals surface area contributed by atoms with E-state index >= 15 is 8.78 Å². The van der Waals surface area contributed by atoms with E-state index < -0.39 is 60.3 Å². The number of hydrogen-bond acceptors (Lipinski definition) is 6. The number of halogens is 3. The van der Waals surface area contributed by atoms with Gasteiger partial charge in [-0.15, -0.1) is 0 Å². The van der Waals surface area contributed by atoms with Gasteiger partial charge >= 0.3 is 5.97 Å². The summed E-state index contributed by atoms with van der Waals surface area (Å²) in [6.07, 6.45) is 6.21. The minimum atomic E-state index is -2.44. The third kappa shape index (κ3) is 8.00. The zero-order valence-electron chi connectivity index (χ0n) is 28.2. The molecule has 4 rings (SSSR count). The van der Waals surface area contributed by atoms with E-state index in [9.17, 15) is 18.8 Å². The van der Waals surface area contributed by atoms with Crippen LogP contribution in [0.4, 0.5) is 13.2 Å². The number of alkyl halides is 2. The molecule has 0 aromatic heterocycles. The first-order chi connectivity index (χ1) is 22.2. The summed E-state index contributed by atoms with van der Waals surface area (Å²) < 4.78 is 57.5. The number of hydrogen-bond donors (Lipinski definition) is 1. The van der Waals surface area contributed by atoms with E-state index in [0.717, 1.165) is 6.08 Å². The van der Waals surface area contributed by atoms with E-state index in [1.807, 2.05) is 13.0 Å². The lowest BCUT2D eigenvalue weighted by Crippen LogP contribution is -2.63. The van der Waals surface area contributed by atoms with E-state index in [-0.39, 0.29) is 42.5 Å². The number of esters is 1. The number of fused-ring (bicyclic) bond motifs is 3. The molecule has 2 aliphatic heterocycles. The Morgan fingerprint density at radius 2 is 1.98 bits per heavy atom. The molecular weight excluding hydrogens is 611 g/mol. The van der Waals surface area contributed by atoms with Crippen LogP contribution < -0.4 is 5.32 Å². The van der Waals surface area contributed by atoms with Gasteiger partial charge in [-0.3, -0.25) is 19.3 Å². The standard InChI is InChI=1S/C36H46F3N3O5/c1-8-24(9-2)35(45)42(23(6)41-19-26(37)20-41)29-14-15-36(7,39)47-30-13-11-12-21(4)32(30)25-16-22(5)33(38)27(17-25)28(40-34(29)44)18-31(43)46-10-3/h8,11,13-17,21,23,26,28-29H,9-10,12,18-20H2,1-7H3,(H,40,44)/b15-14+,24-8-/t21?,23?,28-,29-,36?/m0/s1. The molecular formula is C36H46F3N3O5. The number of rotatable bonds is 8. The average Bonchev–Trinajstić information content (AvgIpc) is 2.99. The van der Waals surface area contributed by atoms with Gasteiger partial charge in [-0.05, 0) is 87.9 Å². The lowest BCUT2D eigenvalue weighted by atomic mass is 9.84. The number of carbonyl (C=O) groups is 3. The summed E-state index contributed by atoms with van der Waals surface area (Å²) in [6.45, 7) is 11.7. The minimum absolute atomic E-state index is 0.0385. The van der Waals surface area contributed by atoms with Crippen LogP contribution in [0.15, 0.2) is 53.8 Å². The van der Waals surface area contributed by atoms with Gasteiger partial charge in [0.05, 0.1) is 25.2 Å². The molecule has 2 heterocycles. The number of benzene rings is 1. The van der Waals surface area contributed by atoms with Crippen LogP contribution in [0.25, 0.3) is 5.57 Å². The molecule has 0 saturated carbocycles. The molecule has 2 amide bonds. The van der Waals surface area contributed by atoms with Crippen LogP contribution >= 0.6 is 0 Å². The molecule has 5 atom stereocenters. The molecule has 3 unspecified atom stereocenters. The molecule has 256 valence electrons. The number of ether oxygens (including phenoxy) is 2. The number of aryl methyl sites for hydroxylation is 1. The van der Waals surface area contributed by atoms with E-state index in [4.69, 9.17) is 9.47 Å². The maximum absolute atomic E-state index is 16.3.